The Kier molecular flexibility index (Phi) is 4.67. The highest BCUT2D eigenvalue weighted by Gasteiger charge is 2.07. The number of benzene rings is 2. The molecule has 0 fully saturated rings. The molecule has 0 atom stereocenters. The van der Waals surface area contributed by atoms with Crippen LogP contribution in [0.1, 0.15) is 0 Å². The molecule has 28 heavy (non-hydrogen) atoms. The molecule has 0 radical (unpaired) electrons. The fourth-order valence-electron chi connectivity index (χ4n) is 2.31. The first-order chi connectivity index (χ1) is 13.7. The first kappa shape index (κ1) is 17.2. The molecule has 138 valence electrons. The van der Waals surface area contributed by atoms with Crippen LogP contribution in [0.3, 0.4) is 0 Å². The van der Waals surface area contributed by atoms with Crippen molar-refractivity contribution in [2.45, 2.75) is 0 Å². The summed E-state index contributed by atoms with van der Waals surface area (Å²) >= 11 is 0. The molecule has 0 aliphatic heterocycles. The summed E-state index contributed by atoms with van der Waals surface area (Å²) in [5.74, 6) is 3.04. The summed E-state index contributed by atoms with van der Waals surface area (Å²) in [7, 11) is 0. The molecule has 2 aromatic carbocycles. The maximum absolute atomic E-state index is 5.67. The zero-order chi connectivity index (χ0) is 19.3. The first-order valence-corrected chi connectivity index (χ1v) is 8.37. The molecule has 4 N–H and O–H groups in total. The largest absolute Gasteiger partial charge is 0.454 e. The normalized spacial score (nSPS) is 10.4. The molecule has 8 nitrogen and oxygen atoms in total. The van der Waals surface area contributed by atoms with Crippen LogP contribution in [0.2, 0.25) is 0 Å². The van der Waals surface area contributed by atoms with Gasteiger partial charge in [-0.3, -0.25) is 0 Å². The maximum Gasteiger partial charge on any atom is 0.197 e. The van der Waals surface area contributed by atoms with E-state index >= 15 is 0 Å². The van der Waals surface area contributed by atoms with Crippen molar-refractivity contribution >= 4 is 11.4 Å². The second kappa shape index (κ2) is 7.58. The average molecular weight is 372 g/mol. The van der Waals surface area contributed by atoms with Crippen LogP contribution in [0.15, 0.2) is 73.3 Å². The number of hydrogen-bond acceptors (Lipinski definition) is 8. The lowest BCUT2D eigenvalue weighted by molar-refractivity contribution is 0.476. The number of anilines is 2. The van der Waals surface area contributed by atoms with Crippen molar-refractivity contribution in [1.29, 1.82) is 0 Å². The van der Waals surface area contributed by atoms with Gasteiger partial charge in [-0.1, -0.05) is 0 Å². The predicted molar refractivity (Wildman–Crippen MR) is 105 cm³/mol. The third-order valence-electron chi connectivity index (χ3n) is 3.69. The summed E-state index contributed by atoms with van der Waals surface area (Å²) in [5, 5.41) is 0. The molecule has 2 aromatic heterocycles. The van der Waals surface area contributed by atoms with Gasteiger partial charge in [0, 0.05) is 11.4 Å². The summed E-state index contributed by atoms with van der Waals surface area (Å²) < 4.78 is 11.3. The molecule has 0 aliphatic rings. The highest BCUT2D eigenvalue weighted by molar-refractivity contribution is 5.46. The van der Waals surface area contributed by atoms with Gasteiger partial charge < -0.3 is 20.9 Å². The highest BCUT2D eigenvalue weighted by atomic mass is 16.5. The molecule has 2 heterocycles. The first-order valence-electron chi connectivity index (χ1n) is 8.37. The molecule has 0 amide bonds. The van der Waals surface area contributed by atoms with Crippen LogP contribution in [-0.2, 0) is 0 Å². The summed E-state index contributed by atoms with van der Waals surface area (Å²) in [5.41, 5.74) is 12.6. The number of nitrogens with two attached hydrogens (primary N) is 2. The molecule has 0 saturated carbocycles. The number of nitrogen functional groups attached to an aromatic ring is 2. The Bertz CT molecular complexity index is 961. The summed E-state index contributed by atoms with van der Waals surface area (Å²) in [6.45, 7) is 0. The van der Waals surface area contributed by atoms with Crippen LogP contribution >= 0.6 is 0 Å². The minimum atomic E-state index is 0.378. The van der Waals surface area contributed by atoms with Gasteiger partial charge in [-0.15, -0.1) is 0 Å². The molecule has 0 bridgehead atoms. The lowest BCUT2D eigenvalue weighted by Crippen LogP contribution is -1.96. The standard InChI is InChI=1S/C20H16N6O2/c21-13-1-5-15(6-2-13)27-17-9-23-19(24-10-17)20-25-11-18(12-26-20)28-16-7-3-14(22)4-8-16/h1-12H,21-22H2. The van der Waals surface area contributed by atoms with E-state index in [9.17, 15) is 0 Å². The Morgan fingerprint density at radius 1 is 0.464 bits per heavy atom. The number of nitrogens with zero attached hydrogens (tertiary/aromatic N) is 4. The van der Waals surface area contributed by atoms with Gasteiger partial charge in [-0.05, 0) is 48.5 Å². The van der Waals surface area contributed by atoms with E-state index in [4.69, 9.17) is 20.9 Å². The molecule has 4 rings (SSSR count). The number of hydrogen-bond donors (Lipinski definition) is 2. The number of aromatic nitrogens is 4. The quantitative estimate of drug-likeness (QED) is 0.509. The minimum Gasteiger partial charge on any atom is -0.454 e. The van der Waals surface area contributed by atoms with Gasteiger partial charge in [0.05, 0.1) is 24.8 Å². The van der Waals surface area contributed by atoms with Crippen molar-refractivity contribution in [3.05, 3.63) is 73.3 Å². The van der Waals surface area contributed by atoms with E-state index in [2.05, 4.69) is 19.9 Å². The molecule has 0 spiro atoms. The molecular formula is C20H16N6O2. The van der Waals surface area contributed by atoms with Gasteiger partial charge in [0.15, 0.2) is 23.1 Å². The fraction of sp³-hybridized carbons (Fsp3) is 0. The zero-order valence-corrected chi connectivity index (χ0v) is 14.7. The van der Waals surface area contributed by atoms with Crippen LogP contribution in [0.4, 0.5) is 11.4 Å². The molecule has 8 heteroatoms. The smallest absolute Gasteiger partial charge is 0.197 e. The average Bonchev–Trinajstić information content (AvgIpc) is 2.73. The maximum atomic E-state index is 5.67. The number of ether oxygens (including phenoxy) is 2. The van der Waals surface area contributed by atoms with E-state index in [1.54, 1.807) is 73.3 Å². The number of rotatable bonds is 5. The minimum absolute atomic E-state index is 0.378. The third kappa shape index (κ3) is 4.13. The van der Waals surface area contributed by atoms with E-state index in [0.29, 0.717) is 46.0 Å². The molecule has 0 aliphatic carbocycles. The van der Waals surface area contributed by atoms with Gasteiger partial charge in [-0.2, -0.15) is 0 Å². The summed E-state index contributed by atoms with van der Waals surface area (Å²) in [6.07, 6.45) is 6.23. The van der Waals surface area contributed by atoms with Crippen molar-refractivity contribution < 1.29 is 9.47 Å². The highest BCUT2D eigenvalue weighted by Crippen LogP contribution is 2.23. The topological polar surface area (TPSA) is 122 Å². The van der Waals surface area contributed by atoms with E-state index < -0.39 is 0 Å². The van der Waals surface area contributed by atoms with Crippen LogP contribution in [0.25, 0.3) is 11.6 Å². The zero-order valence-electron chi connectivity index (χ0n) is 14.7. The van der Waals surface area contributed by atoms with Crippen LogP contribution < -0.4 is 20.9 Å². The predicted octanol–water partition coefficient (Wildman–Crippen LogP) is 3.68. The molecule has 0 saturated heterocycles. The van der Waals surface area contributed by atoms with Crippen molar-refractivity contribution in [3.8, 4) is 34.6 Å². The van der Waals surface area contributed by atoms with Crippen molar-refractivity contribution in [1.82, 2.24) is 19.9 Å². The monoisotopic (exact) mass is 372 g/mol. The Morgan fingerprint density at radius 3 is 1.11 bits per heavy atom. The van der Waals surface area contributed by atoms with E-state index in [1.807, 2.05) is 0 Å². The van der Waals surface area contributed by atoms with Crippen molar-refractivity contribution in [2.75, 3.05) is 11.5 Å². The third-order valence-corrected chi connectivity index (χ3v) is 3.69. The molecule has 0 unspecified atom stereocenters. The Morgan fingerprint density at radius 2 is 0.786 bits per heavy atom. The van der Waals surface area contributed by atoms with Gasteiger partial charge in [0.2, 0.25) is 0 Å². The summed E-state index contributed by atoms with van der Waals surface area (Å²) in [6, 6.07) is 14.1. The van der Waals surface area contributed by atoms with Crippen LogP contribution in [-0.4, -0.2) is 19.9 Å². The summed E-state index contributed by atoms with van der Waals surface area (Å²) in [4.78, 5) is 17.0. The van der Waals surface area contributed by atoms with Gasteiger partial charge in [0.1, 0.15) is 11.5 Å². The van der Waals surface area contributed by atoms with E-state index in [0.717, 1.165) is 0 Å². The lowest BCUT2D eigenvalue weighted by atomic mass is 10.3. The Labute approximate surface area is 160 Å². The van der Waals surface area contributed by atoms with Gasteiger partial charge >= 0.3 is 0 Å². The Balaban J connectivity index is 1.43. The van der Waals surface area contributed by atoms with Gasteiger partial charge in [-0.25, -0.2) is 19.9 Å². The lowest BCUT2D eigenvalue weighted by Gasteiger charge is -2.07. The van der Waals surface area contributed by atoms with Gasteiger partial charge in [0.25, 0.3) is 0 Å². The van der Waals surface area contributed by atoms with Crippen molar-refractivity contribution in [2.24, 2.45) is 0 Å². The van der Waals surface area contributed by atoms with E-state index in [-0.39, 0.29) is 0 Å². The van der Waals surface area contributed by atoms with Crippen molar-refractivity contribution in [3.63, 3.8) is 0 Å². The fourth-order valence-corrected chi connectivity index (χ4v) is 2.31. The second-order valence-corrected chi connectivity index (χ2v) is 5.83. The molecule has 4 aromatic rings. The Hall–Kier alpha value is -4.20. The van der Waals surface area contributed by atoms with Crippen LogP contribution in [0, 0.1) is 0 Å². The second-order valence-electron chi connectivity index (χ2n) is 5.83. The van der Waals surface area contributed by atoms with E-state index in [1.165, 1.54) is 0 Å². The molecular weight excluding hydrogens is 356 g/mol. The van der Waals surface area contributed by atoms with Crippen LogP contribution in [0.5, 0.6) is 23.0 Å². The SMILES string of the molecule is Nc1ccc(Oc2cnc(-c3ncc(Oc4ccc(N)cc4)cn3)nc2)cc1.